The molecular weight excluding hydrogens is 574 g/mol. The Morgan fingerprint density at radius 1 is 0.976 bits per heavy atom. The lowest BCUT2D eigenvalue weighted by molar-refractivity contribution is -0.187. The van der Waals surface area contributed by atoms with Crippen molar-refractivity contribution in [1.29, 1.82) is 0 Å². The lowest BCUT2D eigenvalue weighted by atomic mass is 9.53. The van der Waals surface area contributed by atoms with Crippen LogP contribution in [0.2, 0.25) is 5.02 Å². The normalized spacial score (nSPS) is 33.5. The third-order valence-corrected chi connectivity index (χ3v) is 12.3. The fraction of sp³-hybridized carbons (Fsp3) is 0.781. The number of piperidine rings is 2. The number of carbonyl (C=O) groups is 1. The zero-order valence-corrected chi connectivity index (χ0v) is 27.0. The van der Waals surface area contributed by atoms with Gasteiger partial charge in [0.1, 0.15) is 0 Å². The van der Waals surface area contributed by atoms with Gasteiger partial charge in [-0.1, -0.05) is 37.3 Å². The van der Waals surface area contributed by atoms with E-state index < -0.39 is 10.0 Å². The molecule has 236 valence electrons. The van der Waals surface area contributed by atoms with Crippen molar-refractivity contribution in [2.75, 3.05) is 40.0 Å². The van der Waals surface area contributed by atoms with Crippen molar-refractivity contribution in [3.63, 3.8) is 0 Å². The van der Waals surface area contributed by atoms with Crippen LogP contribution in [0.15, 0.2) is 29.2 Å². The summed E-state index contributed by atoms with van der Waals surface area (Å²) in [6.07, 6.45) is 18.3. The van der Waals surface area contributed by atoms with Crippen molar-refractivity contribution < 1.29 is 22.7 Å². The second-order valence-electron chi connectivity index (χ2n) is 13.0. The minimum atomic E-state index is -3.43. The molecule has 0 bridgehead atoms. The van der Waals surface area contributed by atoms with E-state index in [1.165, 1.54) is 107 Å². The molecule has 4 saturated carbocycles. The third-order valence-electron chi connectivity index (χ3n) is 10.0. The number of morpholine rings is 1. The fourth-order valence-corrected chi connectivity index (χ4v) is 8.97. The van der Waals surface area contributed by atoms with Gasteiger partial charge in [0, 0.05) is 48.3 Å². The number of likely N-dealkylation sites (tertiary alicyclic amines) is 2. The fourth-order valence-electron chi connectivity index (χ4n) is 7.24. The van der Waals surface area contributed by atoms with E-state index in [1.54, 1.807) is 19.2 Å². The van der Waals surface area contributed by atoms with Crippen LogP contribution < -0.4 is 0 Å². The van der Waals surface area contributed by atoms with E-state index >= 15 is 0 Å². The lowest BCUT2D eigenvalue weighted by Crippen LogP contribution is -2.74. The zero-order chi connectivity index (χ0) is 29.7. The van der Waals surface area contributed by atoms with E-state index in [0.29, 0.717) is 48.4 Å². The summed E-state index contributed by atoms with van der Waals surface area (Å²) in [7, 11) is -1.67. The Morgan fingerprint density at radius 3 is 2.14 bits per heavy atom. The van der Waals surface area contributed by atoms with Crippen LogP contribution in [0.3, 0.4) is 0 Å². The van der Waals surface area contributed by atoms with Crippen molar-refractivity contribution in [3.05, 3.63) is 29.3 Å². The number of carbonyl (C=O) groups excluding carboxylic acids is 1. The summed E-state index contributed by atoms with van der Waals surface area (Å²) in [5, 5.41) is 0.527. The molecule has 8 rings (SSSR count). The Labute approximate surface area is 258 Å². The maximum atomic E-state index is 12.3. The highest BCUT2D eigenvalue weighted by Gasteiger charge is 2.69. The molecule has 1 aromatic rings. The van der Waals surface area contributed by atoms with Gasteiger partial charge in [0.05, 0.1) is 24.2 Å². The smallest absolute Gasteiger partial charge is 0.243 e. The minimum Gasteiger partial charge on any atom is -0.381 e. The van der Waals surface area contributed by atoms with Gasteiger partial charge in [-0.25, -0.2) is 8.42 Å². The molecule has 1 amide bonds. The van der Waals surface area contributed by atoms with Crippen LogP contribution in [0, 0.1) is 5.41 Å². The van der Waals surface area contributed by atoms with Gasteiger partial charge in [-0.3, -0.25) is 4.79 Å². The first-order valence-corrected chi connectivity index (χ1v) is 18.0. The molecule has 3 heterocycles. The Hall–Kier alpha value is -1.23. The standard InChI is InChI=1S/C14H22N2O.C11H14ClNO3S.C4H8O.C3H6/c17-10-16-12-4-5-14(12)9-11(8-13(14)16)15-6-2-1-3-7-15;1-9-8-16-7-6-13(9)17(14,15)11-4-2-10(12)3-5-11;1-5-4-2-3-4;1-2-3-1/h10-13H,1-9H2;2-5,9H,6-8H2,1H3;4H,2-3H2,1H3;1-3H2. The van der Waals surface area contributed by atoms with E-state index in [0.717, 1.165) is 12.5 Å². The number of ether oxygens (including phenoxy) is 2. The van der Waals surface area contributed by atoms with Crippen LogP contribution in [0.4, 0.5) is 0 Å². The molecule has 7 aliphatic rings. The Kier molecular flexibility index (Phi) is 10.9. The SMILES string of the molecule is C1CC1.CC1COCCN1S(=O)(=O)c1ccc(Cl)cc1.COC1CC1.O=CN1C2CCC23CC(N2CCCCC2)CC13. The summed E-state index contributed by atoms with van der Waals surface area (Å²) in [6.45, 7) is 5.72. The van der Waals surface area contributed by atoms with Gasteiger partial charge in [-0.05, 0) is 95.6 Å². The van der Waals surface area contributed by atoms with Crippen LogP contribution in [-0.2, 0) is 24.3 Å². The van der Waals surface area contributed by atoms with E-state index in [2.05, 4.69) is 9.80 Å². The molecule has 5 unspecified atom stereocenters. The molecule has 3 saturated heterocycles. The van der Waals surface area contributed by atoms with Gasteiger partial charge < -0.3 is 19.3 Å². The zero-order valence-electron chi connectivity index (χ0n) is 25.5. The van der Waals surface area contributed by atoms with Gasteiger partial charge in [0.25, 0.3) is 0 Å². The molecular formula is C32H50ClN3O5S. The Bertz CT molecular complexity index is 1120. The molecule has 0 N–H and O–H groups in total. The maximum absolute atomic E-state index is 12.3. The van der Waals surface area contributed by atoms with Gasteiger partial charge >= 0.3 is 0 Å². The molecule has 1 aromatic carbocycles. The van der Waals surface area contributed by atoms with Crippen molar-refractivity contribution in [2.24, 2.45) is 5.41 Å². The topological polar surface area (TPSA) is 79.4 Å². The monoisotopic (exact) mass is 623 g/mol. The highest BCUT2D eigenvalue weighted by atomic mass is 35.5. The summed E-state index contributed by atoms with van der Waals surface area (Å²) in [4.78, 5) is 16.2. The van der Waals surface area contributed by atoms with E-state index in [9.17, 15) is 13.2 Å². The van der Waals surface area contributed by atoms with Gasteiger partial charge in [-0.2, -0.15) is 4.31 Å². The summed E-state index contributed by atoms with van der Waals surface area (Å²) in [5.74, 6) is 0. The van der Waals surface area contributed by atoms with Gasteiger partial charge in [-0.15, -0.1) is 0 Å². The van der Waals surface area contributed by atoms with Crippen molar-refractivity contribution >= 4 is 28.0 Å². The predicted molar refractivity (Wildman–Crippen MR) is 165 cm³/mol. The largest absolute Gasteiger partial charge is 0.381 e. The van der Waals surface area contributed by atoms with E-state index in [4.69, 9.17) is 21.1 Å². The number of methoxy groups -OCH3 is 1. The Morgan fingerprint density at radius 2 is 1.64 bits per heavy atom. The number of hydrogen-bond acceptors (Lipinski definition) is 6. The molecule has 0 aromatic heterocycles. The Balaban J connectivity index is 0.000000133. The minimum absolute atomic E-state index is 0.135. The predicted octanol–water partition coefficient (Wildman–Crippen LogP) is 5.34. The van der Waals surface area contributed by atoms with Crippen molar-refractivity contribution in [2.45, 2.75) is 119 Å². The molecule has 5 atom stereocenters. The van der Waals surface area contributed by atoms with Crippen molar-refractivity contribution in [1.82, 2.24) is 14.1 Å². The third kappa shape index (κ3) is 7.35. The molecule has 4 aliphatic carbocycles. The van der Waals surface area contributed by atoms with Gasteiger partial charge in [0.15, 0.2) is 0 Å². The molecule has 1 spiro atoms. The highest BCUT2D eigenvalue weighted by molar-refractivity contribution is 7.89. The first-order chi connectivity index (χ1) is 20.3. The quantitative estimate of drug-likeness (QED) is 0.412. The van der Waals surface area contributed by atoms with E-state index in [-0.39, 0.29) is 10.9 Å². The summed E-state index contributed by atoms with van der Waals surface area (Å²) in [5.41, 5.74) is 0.572. The average molecular weight is 624 g/mol. The van der Waals surface area contributed by atoms with Crippen LogP contribution in [0.1, 0.15) is 84.0 Å². The lowest BCUT2D eigenvalue weighted by Gasteiger charge is -2.67. The summed E-state index contributed by atoms with van der Waals surface area (Å²) >= 11 is 5.75. The van der Waals surface area contributed by atoms with Crippen LogP contribution in [0.5, 0.6) is 0 Å². The molecule has 42 heavy (non-hydrogen) atoms. The molecule has 3 aliphatic heterocycles. The van der Waals surface area contributed by atoms with Gasteiger partial charge in [0.2, 0.25) is 16.4 Å². The average Bonchev–Trinajstić information content (AvgIpc) is 3.93. The molecule has 10 heteroatoms. The number of hydrogen-bond donors (Lipinski definition) is 0. The number of nitrogens with zero attached hydrogens (tertiary/aromatic N) is 3. The number of amides is 1. The second kappa shape index (κ2) is 14.2. The molecule has 7 fully saturated rings. The molecule has 0 radical (unpaired) electrons. The second-order valence-corrected chi connectivity index (χ2v) is 15.4. The van der Waals surface area contributed by atoms with Crippen LogP contribution in [-0.4, -0.2) is 99.2 Å². The molecule has 8 nitrogen and oxygen atoms in total. The number of rotatable bonds is 5. The van der Waals surface area contributed by atoms with Crippen molar-refractivity contribution in [3.8, 4) is 0 Å². The number of benzene rings is 1. The van der Waals surface area contributed by atoms with E-state index in [1.807, 2.05) is 6.92 Å². The number of sulfonamides is 1. The van der Waals surface area contributed by atoms with Crippen LogP contribution in [0.25, 0.3) is 0 Å². The first kappa shape index (κ1) is 32.2. The van der Waals surface area contributed by atoms with Crippen LogP contribution >= 0.6 is 11.6 Å². The maximum Gasteiger partial charge on any atom is 0.243 e. The summed E-state index contributed by atoms with van der Waals surface area (Å²) in [6, 6.07) is 8.10. The number of halogens is 1. The first-order valence-electron chi connectivity index (χ1n) is 16.1. The summed E-state index contributed by atoms with van der Waals surface area (Å²) < 4.78 is 36.2. The highest BCUT2D eigenvalue weighted by Crippen LogP contribution is 2.65.